The minimum absolute atomic E-state index is 0.137. The van der Waals surface area contributed by atoms with Gasteiger partial charge in [-0.3, -0.25) is 4.98 Å². The Morgan fingerprint density at radius 2 is 1.46 bits per heavy atom. The number of para-hydroxylation sites is 1. The average Bonchev–Trinajstić information content (AvgIpc) is 3.38. The molecule has 4 aromatic carbocycles. The van der Waals surface area contributed by atoms with E-state index >= 15 is 0 Å². The van der Waals surface area contributed by atoms with Crippen LogP contribution in [0.15, 0.2) is 120 Å². The van der Waals surface area contributed by atoms with E-state index in [2.05, 4.69) is 49.2 Å². The first kappa shape index (κ1) is 22.7. The van der Waals surface area contributed by atoms with E-state index in [1.807, 2.05) is 72.8 Å². The molecule has 0 bridgehead atoms. The van der Waals surface area contributed by atoms with Crippen LogP contribution in [0, 0.1) is 0 Å². The van der Waals surface area contributed by atoms with Gasteiger partial charge in [-0.05, 0) is 53.1 Å². The first-order chi connectivity index (χ1) is 18.0. The smallest absolute Gasteiger partial charge is 0.231 e. The summed E-state index contributed by atoms with van der Waals surface area (Å²) in [4.78, 5) is 9.36. The van der Waals surface area contributed by atoms with Crippen LogP contribution in [0.5, 0.6) is 5.75 Å². The minimum Gasteiger partial charge on any atom is -0.507 e. The van der Waals surface area contributed by atoms with Gasteiger partial charge in [0.15, 0.2) is 5.58 Å². The quantitative estimate of drug-likeness (QED) is 0.269. The van der Waals surface area contributed by atoms with Gasteiger partial charge in [0.25, 0.3) is 0 Å². The maximum absolute atomic E-state index is 10.8. The normalized spacial score (nSPS) is 11.6. The molecule has 0 saturated heterocycles. The van der Waals surface area contributed by atoms with Gasteiger partial charge in [-0.1, -0.05) is 86.6 Å². The Hall–Kier alpha value is -4.70. The molecule has 0 amide bonds. The van der Waals surface area contributed by atoms with Crippen LogP contribution in [0.4, 0.5) is 0 Å². The molecule has 6 rings (SSSR count). The van der Waals surface area contributed by atoms with Crippen molar-refractivity contribution in [2.24, 2.45) is 0 Å². The van der Waals surface area contributed by atoms with Gasteiger partial charge in [-0.15, -0.1) is 0 Å². The number of hydrogen-bond donors (Lipinski definition) is 1. The number of phenols is 1. The molecule has 0 aliphatic heterocycles. The molecule has 0 radical (unpaired) electrons. The van der Waals surface area contributed by atoms with Crippen LogP contribution in [-0.4, -0.2) is 15.1 Å². The number of hydrogen-bond acceptors (Lipinski definition) is 4. The number of phenolic OH excluding ortho intramolecular Hbond substituents is 1. The topological polar surface area (TPSA) is 59.2 Å². The minimum atomic E-state index is -0.257. The number of nitrogens with zero attached hydrogens (tertiary/aromatic N) is 2. The molecule has 0 atom stereocenters. The fourth-order valence-electron chi connectivity index (χ4n) is 4.79. The highest BCUT2D eigenvalue weighted by Crippen LogP contribution is 2.39. The van der Waals surface area contributed by atoms with E-state index in [4.69, 9.17) is 9.40 Å². The molecule has 0 spiro atoms. The molecule has 1 N–H and O–H groups in total. The third kappa shape index (κ3) is 4.17. The lowest BCUT2D eigenvalue weighted by molar-refractivity contribution is 0.473. The van der Waals surface area contributed by atoms with Crippen LogP contribution in [-0.2, 0) is 5.41 Å². The third-order valence-electron chi connectivity index (χ3n) is 7.00. The van der Waals surface area contributed by atoms with E-state index in [9.17, 15) is 5.11 Å². The van der Waals surface area contributed by atoms with Gasteiger partial charge >= 0.3 is 0 Å². The predicted molar refractivity (Wildman–Crippen MR) is 148 cm³/mol. The molecule has 0 aliphatic carbocycles. The monoisotopic (exact) mass is 482 g/mol. The first-order valence-corrected chi connectivity index (χ1v) is 12.3. The summed E-state index contributed by atoms with van der Waals surface area (Å²) < 4.78 is 6.20. The molecule has 37 heavy (non-hydrogen) atoms. The van der Waals surface area contributed by atoms with Gasteiger partial charge < -0.3 is 9.52 Å². The van der Waals surface area contributed by atoms with Crippen LogP contribution in [0.1, 0.15) is 25.0 Å². The molecule has 0 fully saturated rings. The Labute approximate surface area is 215 Å². The van der Waals surface area contributed by atoms with Crippen molar-refractivity contribution in [2.45, 2.75) is 19.3 Å². The van der Waals surface area contributed by atoms with Gasteiger partial charge in [0.2, 0.25) is 5.89 Å². The fourth-order valence-corrected chi connectivity index (χ4v) is 4.79. The SMILES string of the molecule is CC(C)(c1ccccc1)c1ccc(O)c(-c2nc3c(-c4cccc(-c5ccccn5)c4)cccc3o2)c1. The molecule has 2 heterocycles. The predicted octanol–water partition coefficient (Wildman–Crippen LogP) is 8.26. The van der Waals surface area contributed by atoms with Crippen molar-refractivity contribution in [3.8, 4) is 39.6 Å². The molecular weight excluding hydrogens is 456 g/mol. The van der Waals surface area contributed by atoms with Crippen molar-refractivity contribution in [1.82, 2.24) is 9.97 Å². The number of aromatic hydroxyl groups is 1. The standard InChI is InChI=1S/C33H26N2O2/c1-33(2,24-12-4-3-5-13-24)25-17-18-29(36)27(21-25)32-35-31-26(14-9-16-30(31)37-32)22-10-8-11-23(20-22)28-15-6-7-19-34-28/h3-21,36H,1-2H3. The second-order valence-corrected chi connectivity index (χ2v) is 9.69. The van der Waals surface area contributed by atoms with Crippen molar-refractivity contribution in [1.29, 1.82) is 0 Å². The Balaban J connectivity index is 1.44. The molecule has 6 aromatic rings. The van der Waals surface area contributed by atoms with Crippen LogP contribution < -0.4 is 0 Å². The summed E-state index contributed by atoms with van der Waals surface area (Å²) >= 11 is 0. The number of oxazole rings is 1. The highest BCUT2D eigenvalue weighted by atomic mass is 16.3. The molecule has 4 heteroatoms. The number of fused-ring (bicyclic) bond motifs is 1. The van der Waals surface area contributed by atoms with Crippen LogP contribution in [0.3, 0.4) is 0 Å². The summed E-state index contributed by atoms with van der Waals surface area (Å²) in [5.41, 5.74) is 7.94. The zero-order valence-corrected chi connectivity index (χ0v) is 20.7. The summed E-state index contributed by atoms with van der Waals surface area (Å²) in [5.74, 6) is 0.532. The van der Waals surface area contributed by atoms with Gasteiger partial charge in [-0.25, -0.2) is 4.98 Å². The van der Waals surface area contributed by atoms with E-state index in [1.54, 1.807) is 12.3 Å². The second-order valence-electron chi connectivity index (χ2n) is 9.69. The summed E-state index contributed by atoms with van der Waals surface area (Å²) in [6.45, 7) is 4.36. The molecule has 0 saturated carbocycles. The Morgan fingerprint density at radius 1 is 0.676 bits per heavy atom. The van der Waals surface area contributed by atoms with Crippen molar-refractivity contribution in [3.63, 3.8) is 0 Å². The maximum Gasteiger partial charge on any atom is 0.231 e. The Bertz CT molecular complexity index is 1700. The van der Waals surface area contributed by atoms with Gasteiger partial charge in [-0.2, -0.15) is 0 Å². The number of rotatable bonds is 5. The fraction of sp³-hybridized carbons (Fsp3) is 0.0909. The second kappa shape index (κ2) is 9.07. The average molecular weight is 483 g/mol. The summed E-state index contributed by atoms with van der Waals surface area (Å²) in [6.07, 6.45) is 1.80. The number of aromatic nitrogens is 2. The zero-order chi connectivity index (χ0) is 25.4. The third-order valence-corrected chi connectivity index (χ3v) is 7.00. The summed E-state index contributed by atoms with van der Waals surface area (Å²) in [7, 11) is 0. The number of pyridine rings is 1. The molecule has 180 valence electrons. The van der Waals surface area contributed by atoms with Crippen molar-refractivity contribution in [2.75, 3.05) is 0 Å². The molecule has 2 aromatic heterocycles. The van der Waals surface area contributed by atoms with Gasteiger partial charge in [0, 0.05) is 22.7 Å². The van der Waals surface area contributed by atoms with Crippen molar-refractivity contribution >= 4 is 11.1 Å². The van der Waals surface area contributed by atoms with E-state index in [0.29, 0.717) is 17.0 Å². The molecule has 0 unspecified atom stereocenters. The highest BCUT2D eigenvalue weighted by Gasteiger charge is 2.25. The van der Waals surface area contributed by atoms with Crippen molar-refractivity contribution in [3.05, 3.63) is 127 Å². The Morgan fingerprint density at radius 3 is 2.27 bits per heavy atom. The van der Waals surface area contributed by atoms with Crippen LogP contribution >= 0.6 is 0 Å². The van der Waals surface area contributed by atoms with Crippen molar-refractivity contribution < 1.29 is 9.52 Å². The van der Waals surface area contributed by atoms with Gasteiger partial charge in [0.1, 0.15) is 11.3 Å². The largest absolute Gasteiger partial charge is 0.507 e. The molecule has 0 aliphatic rings. The zero-order valence-electron chi connectivity index (χ0n) is 20.7. The van der Waals surface area contributed by atoms with E-state index in [-0.39, 0.29) is 11.2 Å². The van der Waals surface area contributed by atoms with E-state index in [1.165, 1.54) is 5.56 Å². The van der Waals surface area contributed by atoms with Gasteiger partial charge in [0.05, 0.1) is 11.3 Å². The Kier molecular flexibility index (Phi) is 5.57. The van der Waals surface area contributed by atoms with E-state index < -0.39 is 0 Å². The summed E-state index contributed by atoms with van der Waals surface area (Å²) in [5, 5.41) is 10.8. The first-order valence-electron chi connectivity index (χ1n) is 12.3. The lowest BCUT2D eigenvalue weighted by Crippen LogP contribution is -2.18. The highest BCUT2D eigenvalue weighted by molar-refractivity contribution is 5.93. The number of benzene rings is 4. The van der Waals surface area contributed by atoms with Crippen LogP contribution in [0.25, 0.3) is 44.9 Å². The van der Waals surface area contributed by atoms with Crippen LogP contribution in [0.2, 0.25) is 0 Å². The summed E-state index contributed by atoms with van der Waals surface area (Å²) in [6, 6.07) is 36.1. The molecule has 4 nitrogen and oxygen atoms in total. The maximum atomic E-state index is 10.8. The molecular formula is C33H26N2O2. The lowest BCUT2D eigenvalue weighted by Gasteiger charge is -2.26. The lowest BCUT2D eigenvalue weighted by atomic mass is 9.77. The van der Waals surface area contributed by atoms with E-state index in [0.717, 1.165) is 33.5 Å².